The van der Waals surface area contributed by atoms with Crippen molar-refractivity contribution >= 4 is 32.5 Å². The van der Waals surface area contributed by atoms with Gasteiger partial charge in [0.25, 0.3) is 11.2 Å². The molecule has 0 amide bonds. The molecular weight excluding hydrogens is 442 g/mol. The maximum absolute atomic E-state index is 13.0. The van der Waals surface area contributed by atoms with Gasteiger partial charge in [0.15, 0.2) is 0 Å². The number of nitrogens with zero attached hydrogens (tertiary/aromatic N) is 5. The van der Waals surface area contributed by atoms with E-state index in [2.05, 4.69) is 20.8 Å². The van der Waals surface area contributed by atoms with E-state index in [0.717, 1.165) is 17.5 Å². The van der Waals surface area contributed by atoms with Crippen LogP contribution in [-0.4, -0.2) is 44.2 Å². The zero-order valence-corrected chi connectivity index (χ0v) is 18.3. The normalized spacial score (nSPS) is 11.5. The van der Waals surface area contributed by atoms with Gasteiger partial charge < -0.3 is 9.47 Å². The lowest BCUT2D eigenvalue weighted by Crippen LogP contribution is -2.36. The Morgan fingerprint density at radius 1 is 1.17 bits per heavy atom. The molecule has 0 aliphatic heterocycles. The fourth-order valence-electron chi connectivity index (χ4n) is 3.42. The number of fused-ring (bicyclic) bond motifs is 1. The molecule has 3 aromatic rings. The highest BCUT2D eigenvalue weighted by Crippen LogP contribution is 2.36. The molecule has 0 unspecified atom stereocenters. The standard InChI is InChI=1S/C19H22BrN5O4/c1-21(2)8-5-9-24-11-15-16(18(26)23(4)19(27)22(15)3)17(24)13-10-12(25(28)29)6-7-14(13)20/h6-7,10-11H,5,8-9H2,1-4H3. The molecule has 0 saturated carbocycles. The number of aryl methyl sites for hydroxylation is 2. The van der Waals surface area contributed by atoms with Crippen LogP contribution in [0.25, 0.3) is 22.2 Å². The van der Waals surface area contributed by atoms with E-state index in [9.17, 15) is 19.7 Å². The highest BCUT2D eigenvalue weighted by Gasteiger charge is 2.22. The average molecular weight is 464 g/mol. The topological polar surface area (TPSA) is 95.3 Å². The summed E-state index contributed by atoms with van der Waals surface area (Å²) in [5.74, 6) is 0. The van der Waals surface area contributed by atoms with Crippen LogP contribution in [0.2, 0.25) is 0 Å². The summed E-state index contributed by atoms with van der Waals surface area (Å²) in [4.78, 5) is 38.3. The molecule has 0 aliphatic carbocycles. The van der Waals surface area contributed by atoms with Crippen molar-refractivity contribution in [2.24, 2.45) is 14.1 Å². The SMILES string of the molecule is CN(C)CCCn1cc2c(c1-c1cc([N+](=O)[O-])ccc1Br)c(=O)n(C)c(=O)n2C. The molecule has 10 heteroatoms. The highest BCUT2D eigenvalue weighted by molar-refractivity contribution is 9.10. The Kier molecular flexibility index (Phi) is 5.76. The van der Waals surface area contributed by atoms with Gasteiger partial charge in [0.1, 0.15) is 0 Å². The zero-order valence-electron chi connectivity index (χ0n) is 16.7. The van der Waals surface area contributed by atoms with Crippen molar-refractivity contribution in [1.82, 2.24) is 18.6 Å². The third kappa shape index (κ3) is 3.77. The Labute approximate surface area is 175 Å². The van der Waals surface area contributed by atoms with E-state index in [4.69, 9.17) is 0 Å². The Hall–Kier alpha value is -2.72. The van der Waals surface area contributed by atoms with Crippen molar-refractivity contribution in [1.29, 1.82) is 0 Å². The van der Waals surface area contributed by atoms with E-state index in [1.807, 2.05) is 18.7 Å². The molecule has 154 valence electrons. The fraction of sp³-hybridized carbons (Fsp3) is 0.368. The molecular formula is C19H22BrN5O4. The number of benzene rings is 1. The molecule has 0 N–H and O–H groups in total. The van der Waals surface area contributed by atoms with Gasteiger partial charge in [-0.25, -0.2) is 4.79 Å². The van der Waals surface area contributed by atoms with Crippen LogP contribution in [0.3, 0.4) is 0 Å². The van der Waals surface area contributed by atoms with Crippen molar-refractivity contribution in [2.45, 2.75) is 13.0 Å². The minimum Gasteiger partial charge on any atom is -0.345 e. The van der Waals surface area contributed by atoms with E-state index >= 15 is 0 Å². The van der Waals surface area contributed by atoms with Gasteiger partial charge in [0, 0.05) is 49.0 Å². The minimum atomic E-state index is -0.467. The second-order valence-corrected chi connectivity index (χ2v) is 8.07. The molecule has 0 bridgehead atoms. The van der Waals surface area contributed by atoms with E-state index in [0.29, 0.717) is 33.2 Å². The molecule has 0 saturated heterocycles. The molecule has 2 heterocycles. The maximum Gasteiger partial charge on any atom is 0.330 e. The average Bonchev–Trinajstić information content (AvgIpc) is 3.04. The lowest BCUT2D eigenvalue weighted by molar-refractivity contribution is -0.384. The van der Waals surface area contributed by atoms with E-state index in [1.165, 1.54) is 23.7 Å². The van der Waals surface area contributed by atoms with Crippen LogP contribution in [0.1, 0.15) is 6.42 Å². The minimum absolute atomic E-state index is 0.0703. The second kappa shape index (κ2) is 7.96. The highest BCUT2D eigenvalue weighted by atomic mass is 79.9. The summed E-state index contributed by atoms with van der Waals surface area (Å²) >= 11 is 3.47. The van der Waals surface area contributed by atoms with Crippen LogP contribution >= 0.6 is 15.9 Å². The Balaban J connectivity index is 2.37. The summed E-state index contributed by atoms with van der Waals surface area (Å²) in [6.45, 7) is 1.43. The van der Waals surface area contributed by atoms with Crippen molar-refractivity contribution in [2.75, 3.05) is 20.6 Å². The number of non-ortho nitro benzene ring substituents is 1. The number of hydrogen-bond donors (Lipinski definition) is 0. The summed E-state index contributed by atoms with van der Waals surface area (Å²) in [5, 5.41) is 11.7. The monoisotopic (exact) mass is 463 g/mol. The van der Waals surface area contributed by atoms with Crippen LogP contribution in [-0.2, 0) is 20.6 Å². The molecule has 0 fully saturated rings. The van der Waals surface area contributed by atoms with Crippen molar-refractivity contribution in [3.8, 4) is 11.3 Å². The molecule has 3 rings (SSSR count). The van der Waals surface area contributed by atoms with Gasteiger partial charge in [-0.2, -0.15) is 0 Å². The van der Waals surface area contributed by atoms with Gasteiger partial charge in [0.05, 0.1) is 21.5 Å². The summed E-state index contributed by atoms with van der Waals surface area (Å²) < 4.78 is 5.02. The van der Waals surface area contributed by atoms with Gasteiger partial charge in [-0.05, 0) is 33.1 Å². The third-order valence-electron chi connectivity index (χ3n) is 4.93. The first-order chi connectivity index (χ1) is 13.6. The predicted octanol–water partition coefficient (Wildman–Crippen LogP) is 2.33. The van der Waals surface area contributed by atoms with E-state index in [1.54, 1.807) is 19.3 Å². The number of nitro benzene ring substituents is 1. The summed E-state index contributed by atoms with van der Waals surface area (Å²) in [6.07, 6.45) is 2.58. The third-order valence-corrected chi connectivity index (χ3v) is 5.62. The number of aromatic nitrogens is 3. The summed E-state index contributed by atoms with van der Waals surface area (Å²) in [5.41, 5.74) is 0.677. The van der Waals surface area contributed by atoms with E-state index in [-0.39, 0.29) is 5.69 Å². The Morgan fingerprint density at radius 2 is 1.86 bits per heavy atom. The molecule has 0 radical (unpaired) electrons. The molecule has 29 heavy (non-hydrogen) atoms. The van der Waals surface area contributed by atoms with Crippen LogP contribution in [0.5, 0.6) is 0 Å². The smallest absolute Gasteiger partial charge is 0.330 e. The largest absolute Gasteiger partial charge is 0.345 e. The van der Waals surface area contributed by atoms with Gasteiger partial charge in [-0.15, -0.1) is 0 Å². The van der Waals surface area contributed by atoms with Crippen molar-refractivity contribution < 1.29 is 4.92 Å². The first-order valence-electron chi connectivity index (χ1n) is 9.01. The predicted molar refractivity (Wildman–Crippen MR) is 115 cm³/mol. The molecule has 1 aromatic carbocycles. The lowest BCUT2D eigenvalue weighted by Gasteiger charge is -2.13. The van der Waals surface area contributed by atoms with E-state index < -0.39 is 16.2 Å². The molecule has 9 nitrogen and oxygen atoms in total. The van der Waals surface area contributed by atoms with Crippen LogP contribution in [0.15, 0.2) is 38.5 Å². The molecule has 0 atom stereocenters. The second-order valence-electron chi connectivity index (χ2n) is 7.22. The van der Waals surface area contributed by atoms with Crippen LogP contribution < -0.4 is 11.2 Å². The summed E-state index contributed by atoms with van der Waals surface area (Å²) in [7, 11) is 6.99. The molecule has 2 aromatic heterocycles. The van der Waals surface area contributed by atoms with Crippen molar-refractivity contribution in [3.63, 3.8) is 0 Å². The van der Waals surface area contributed by atoms with Crippen LogP contribution in [0.4, 0.5) is 5.69 Å². The molecule has 0 spiro atoms. The number of nitro groups is 1. The Morgan fingerprint density at radius 3 is 2.48 bits per heavy atom. The first-order valence-corrected chi connectivity index (χ1v) is 9.80. The van der Waals surface area contributed by atoms with Crippen LogP contribution in [0, 0.1) is 10.1 Å². The first kappa shape index (κ1) is 21.0. The van der Waals surface area contributed by atoms with Gasteiger partial charge in [-0.3, -0.25) is 24.0 Å². The molecule has 0 aliphatic rings. The number of rotatable bonds is 6. The fourth-order valence-corrected chi connectivity index (χ4v) is 3.86. The van der Waals surface area contributed by atoms with Gasteiger partial charge in [0.2, 0.25) is 0 Å². The zero-order chi connectivity index (χ0) is 21.5. The summed E-state index contributed by atoms with van der Waals surface area (Å²) in [6, 6.07) is 4.46. The van der Waals surface area contributed by atoms with Gasteiger partial charge in [-0.1, -0.05) is 15.9 Å². The Bertz CT molecular complexity index is 1220. The van der Waals surface area contributed by atoms with Crippen molar-refractivity contribution in [3.05, 3.63) is 59.8 Å². The number of halogens is 1. The number of hydrogen-bond acceptors (Lipinski definition) is 5. The maximum atomic E-state index is 13.0. The van der Waals surface area contributed by atoms with Gasteiger partial charge >= 0.3 is 5.69 Å². The quantitative estimate of drug-likeness (QED) is 0.412. The lowest BCUT2D eigenvalue weighted by atomic mass is 10.1.